The lowest BCUT2D eigenvalue weighted by atomic mass is 11.2. The van der Waals surface area contributed by atoms with Gasteiger partial charge in [0.1, 0.15) is 6.33 Å². The molecule has 0 atom stereocenters. The summed E-state index contributed by atoms with van der Waals surface area (Å²) in [6.07, 6.45) is 1.30. The average Bonchev–Trinajstić information content (AvgIpc) is 2.19. The number of hydrogen-bond donors (Lipinski definition) is 1. The zero-order valence-corrected chi connectivity index (χ0v) is 3.79. The maximum atomic E-state index is 9.43. The van der Waals surface area contributed by atoms with Gasteiger partial charge < -0.3 is 4.74 Å². The van der Waals surface area contributed by atoms with E-state index in [0.29, 0.717) is 0 Å². The van der Waals surface area contributed by atoms with Crippen molar-refractivity contribution in [3.63, 3.8) is 0 Å². The fraction of sp³-hybridized carbons (Fsp3) is 0. The summed E-state index contributed by atoms with van der Waals surface area (Å²) in [5.41, 5.74) is 0. The van der Waals surface area contributed by atoms with E-state index < -0.39 is 0 Å². The summed E-state index contributed by atoms with van der Waals surface area (Å²) >= 11 is 0. The van der Waals surface area contributed by atoms with Crippen LogP contribution in [0.1, 0.15) is 0 Å². The Kier molecular flexibility index (Phi) is 1.23. The number of hydrogen-bond acceptors (Lipinski definition) is 4. The number of H-pyrrole nitrogens is 1. The van der Waals surface area contributed by atoms with Gasteiger partial charge in [-0.1, -0.05) is 0 Å². The maximum absolute atomic E-state index is 9.43. The van der Waals surface area contributed by atoms with E-state index in [2.05, 4.69) is 19.9 Å². The molecular weight excluding hydrogens is 110 g/mol. The SMILES string of the molecule is O=[C]Oc1nc[nH]n1. The fourth-order valence-corrected chi connectivity index (χ4v) is 0.283. The van der Waals surface area contributed by atoms with Crippen LogP contribution in [-0.2, 0) is 4.79 Å². The first-order valence-electron chi connectivity index (χ1n) is 1.83. The van der Waals surface area contributed by atoms with E-state index >= 15 is 0 Å². The van der Waals surface area contributed by atoms with Crippen molar-refractivity contribution in [1.29, 1.82) is 0 Å². The summed E-state index contributed by atoms with van der Waals surface area (Å²) in [6.45, 7) is 1.18. The molecule has 0 aromatic carbocycles. The fourth-order valence-electron chi connectivity index (χ4n) is 0.283. The van der Waals surface area contributed by atoms with Crippen LogP contribution in [0.4, 0.5) is 0 Å². The van der Waals surface area contributed by atoms with E-state index in [1.54, 1.807) is 0 Å². The van der Waals surface area contributed by atoms with Crippen LogP contribution < -0.4 is 4.74 Å². The summed E-state index contributed by atoms with van der Waals surface area (Å²) in [6, 6.07) is -0.0139. The van der Waals surface area contributed by atoms with Crippen molar-refractivity contribution in [2.24, 2.45) is 0 Å². The van der Waals surface area contributed by atoms with Crippen LogP contribution in [0, 0.1) is 0 Å². The van der Waals surface area contributed by atoms with Crippen LogP contribution >= 0.6 is 0 Å². The number of nitrogens with one attached hydrogen (secondary N) is 1. The minimum atomic E-state index is -0.0139. The van der Waals surface area contributed by atoms with Crippen LogP contribution in [0.2, 0.25) is 0 Å². The number of aromatic amines is 1. The van der Waals surface area contributed by atoms with Gasteiger partial charge >= 0.3 is 12.5 Å². The highest BCUT2D eigenvalue weighted by molar-refractivity contribution is 5.42. The van der Waals surface area contributed by atoms with Crippen LogP contribution in [0.5, 0.6) is 6.01 Å². The lowest BCUT2D eigenvalue weighted by Crippen LogP contribution is -1.89. The van der Waals surface area contributed by atoms with E-state index in [4.69, 9.17) is 0 Å². The third-order valence-electron chi connectivity index (χ3n) is 0.526. The molecule has 0 bridgehead atoms. The zero-order valence-electron chi connectivity index (χ0n) is 3.79. The van der Waals surface area contributed by atoms with Gasteiger partial charge in [0.05, 0.1) is 0 Å². The van der Waals surface area contributed by atoms with Crippen LogP contribution in [0.25, 0.3) is 0 Å². The molecule has 1 aromatic rings. The van der Waals surface area contributed by atoms with Gasteiger partial charge in [0, 0.05) is 0 Å². The molecule has 0 aliphatic carbocycles. The Balaban J connectivity index is 2.62. The average molecular weight is 112 g/mol. The van der Waals surface area contributed by atoms with Crippen molar-refractivity contribution in [3.8, 4) is 6.01 Å². The molecule has 41 valence electrons. The highest BCUT2D eigenvalue weighted by Gasteiger charge is 1.91. The first kappa shape index (κ1) is 4.76. The Hall–Kier alpha value is -1.39. The second kappa shape index (κ2) is 2.06. The van der Waals surface area contributed by atoms with Crippen molar-refractivity contribution in [3.05, 3.63) is 6.33 Å². The zero-order chi connectivity index (χ0) is 5.82. The molecule has 5 nitrogen and oxygen atoms in total. The van der Waals surface area contributed by atoms with Gasteiger partial charge in [-0.25, -0.2) is 4.79 Å². The van der Waals surface area contributed by atoms with E-state index in [0.717, 1.165) is 0 Å². The van der Waals surface area contributed by atoms with Crippen LogP contribution in [0.3, 0.4) is 0 Å². The molecule has 1 radical (unpaired) electrons. The highest BCUT2D eigenvalue weighted by Crippen LogP contribution is 1.91. The van der Waals surface area contributed by atoms with Crippen molar-refractivity contribution < 1.29 is 9.53 Å². The lowest BCUT2D eigenvalue weighted by Gasteiger charge is -1.78. The van der Waals surface area contributed by atoms with Crippen molar-refractivity contribution >= 4 is 6.47 Å². The smallest absolute Gasteiger partial charge is 0.381 e. The maximum Gasteiger partial charge on any atom is 0.425 e. The molecule has 5 heteroatoms. The summed E-state index contributed by atoms with van der Waals surface area (Å²) < 4.78 is 4.09. The van der Waals surface area contributed by atoms with Gasteiger partial charge in [0.2, 0.25) is 0 Å². The molecule has 1 aromatic heterocycles. The Labute approximate surface area is 44.7 Å². The highest BCUT2D eigenvalue weighted by atomic mass is 16.5. The molecule has 0 saturated carbocycles. The number of nitrogens with zero attached hydrogens (tertiary/aromatic N) is 2. The van der Waals surface area contributed by atoms with Crippen LogP contribution in [0.15, 0.2) is 6.33 Å². The van der Waals surface area contributed by atoms with E-state index in [1.165, 1.54) is 12.8 Å². The van der Waals surface area contributed by atoms with Gasteiger partial charge in [-0.2, -0.15) is 4.98 Å². The van der Waals surface area contributed by atoms with Crippen molar-refractivity contribution in [1.82, 2.24) is 15.2 Å². The first-order valence-corrected chi connectivity index (χ1v) is 1.83. The Morgan fingerprint density at radius 1 is 1.88 bits per heavy atom. The molecule has 0 amide bonds. The largest absolute Gasteiger partial charge is 0.425 e. The van der Waals surface area contributed by atoms with Gasteiger partial charge in [0.15, 0.2) is 0 Å². The molecule has 0 fully saturated rings. The molecule has 0 saturated heterocycles. The molecule has 1 rings (SSSR count). The van der Waals surface area contributed by atoms with Crippen molar-refractivity contribution in [2.45, 2.75) is 0 Å². The predicted molar refractivity (Wildman–Crippen MR) is 22.7 cm³/mol. The molecule has 1 N–H and O–H groups in total. The van der Waals surface area contributed by atoms with E-state index in [9.17, 15) is 4.79 Å². The Morgan fingerprint density at radius 2 is 2.75 bits per heavy atom. The van der Waals surface area contributed by atoms with Gasteiger partial charge in [-0.05, 0) is 0 Å². The predicted octanol–water partition coefficient (Wildman–Crippen LogP) is -0.749. The summed E-state index contributed by atoms with van der Waals surface area (Å²) in [7, 11) is 0. The normalized spacial score (nSPS) is 8.50. The molecule has 0 spiro atoms. The molecule has 0 unspecified atom stereocenters. The molecule has 0 aliphatic rings. The summed E-state index contributed by atoms with van der Waals surface area (Å²) in [4.78, 5) is 12.9. The molecule has 1 heterocycles. The van der Waals surface area contributed by atoms with Crippen molar-refractivity contribution in [2.75, 3.05) is 0 Å². The van der Waals surface area contributed by atoms with Gasteiger partial charge in [-0.15, -0.1) is 5.10 Å². The topological polar surface area (TPSA) is 67.9 Å². The summed E-state index contributed by atoms with van der Waals surface area (Å²) in [5.74, 6) is 0. The quantitative estimate of drug-likeness (QED) is 0.546. The third kappa shape index (κ3) is 0.810. The second-order valence-electron chi connectivity index (χ2n) is 0.967. The molecular formula is C3H2N3O2. The number of aromatic nitrogens is 3. The van der Waals surface area contributed by atoms with Gasteiger partial charge in [-0.3, -0.25) is 5.10 Å². The number of rotatable bonds is 2. The number of carbonyl (C=O) groups excluding carboxylic acids is 1. The van der Waals surface area contributed by atoms with Gasteiger partial charge in [0.25, 0.3) is 0 Å². The van der Waals surface area contributed by atoms with E-state index in [1.807, 2.05) is 0 Å². The molecule has 0 aliphatic heterocycles. The second-order valence-corrected chi connectivity index (χ2v) is 0.967. The minimum absolute atomic E-state index is 0.0139. The number of ether oxygens (including phenoxy) is 1. The first-order chi connectivity index (χ1) is 3.93. The Bertz CT molecular complexity index is 159. The monoisotopic (exact) mass is 112 g/mol. The van der Waals surface area contributed by atoms with E-state index in [-0.39, 0.29) is 6.01 Å². The Morgan fingerprint density at radius 3 is 3.25 bits per heavy atom. The standard InChI is InChI=1S/C3H2N3O2/c7-2-8-3-4-1-5-6-3/h1H,(H,4,5,6). The van der Waals surface area contributed by atoms with Crippen LogP contribution in [-0.4, -0.2) is 21.7 Å². The summed E-state index contributed by atoms with van der Waals surface area (Å²) in [5, 5.41) is 5.73. The minimum Gasteiger partial charge on any atom is -0.381 e. The third-order valence-corrected chi connectivity index (χ3v) is 0.526. The molecule has 8 heavy (non-hydrogen) atoms. The lowest BCUT2D eigenvalue weighted by molar-refractivity contribution is 0.423.